The van der Waals surface area contributed by atoms with Gasteiger partial charge in [0.1, 0.15) is 0 Å². The second-order valence-electron chi connectivity index (χ2n) is 6.89. The third-order valence-corrected chi connectivity index (χ3v) is 4.86. The lowest BCUT2D eigenvalue weighted by Crippen LogP contribution is -2.35. The van der Waals surface area contributed by atoms with Crippen molar-refractivity contribution >= 4 is 22.3 Å². The van der Waals surface area contributed by atoms with Crippen LogP contribution < -0.4 is 16.1 Å². The molecule has 2 aliphatic rings. The number of non-ortho nitro benzene ring substituents is 1. The van der Waals surface area contributed by atoms with Crippen molar-refractivity contribution in [3.63, 3.8) is 0 Å². The van der Waals surface area contributed by atoms with Gasteiger partial charge in [0.15, 0.2) is 5.82 Å². The zero-order valence-corrected chi connectivity index (χ0v) is 16.0. The highest BCUT2D eigenvalue weighted by Gasteiger charge is 2.21. The summed E-state index contributed by atoms with van der Waals surface area (Å²) in [5.74, 6) is 0.206. The van der Waals surface area contributed by atoms with E-state index >= 15 is 0 Å². The van der Waals surface area contributed by atoms with E-state index in [1.54, 1.807) is 10.6 Å². The Morgan fingerprint density at radius 2 is 1.72 bits per heavy atom. The Bertz CT molecular complexity index is 1350. The highest BCUT2D eigenvalue weighted by atomic mass is 16.6. The summed E-state index contributed by atoms with van der Waals surface area (Å²) >= 11 is 0. The predicted octanol–water partition coefficient (Wildman–Crippen LogP) is 2.16. The number of rotatable bonds is 3. The van der Waals surface area contributed by atoms with Gasteiger partial charge in [0.05, 0.1) is 16.0 Å². The molecule has 0 aromatic heterocycles. The summed E-state index contributed by atoms with van der Waals surface area (Å²) < 4.78 is 2.60. The molecule has 2 aromatic rings. The maximum absolute atomic E-state index is 12.7. The lowest BCUT2D eigenvalue weighted by Gasteiger charge is -2.19. The second-order valence-corrected chi connectivity index (χ2v) is 6.89. The van der Waals surface area contributed by atoms with Crippen molar-refractivity contribution in [2.45, 2.75) is 0 Å². The smallest absolute Gasteiger partial charge is 0.352 e. The van der Waals surface area contributed by atoms with E-state index < -0.39 is 16.2 Å². The van der Waals surface area contributed by atoms with Gasteiger partial charge in [-0.15, -0.1) is 0 Å². The van der Waals surface area contributed by atoms with Crippen LogP contribution in [0.15, 0.2) is 58.1 Å². The molecule has 0 unspecified atom stereocenters. The van der Waals surface area contributed by atoms with Crippen LogP contribution in [0.25, 0.3) is 28.0 Å². The number of nitro benzene ring substituents is 1. The van der Waals surface area contributed by atoms with Crippen LogP contribution in [-0.4, -0.2) is 33.1 Å². The van der Waals surface area contributed by atoms with Gasteiger partial charge in [-0.3, -0.25) is 24.0 Å². The Kier molecular flexibility index (Phi) is 4.15. The van der Waals surface area contributed by atoms with Gasteiger partial charge in [-0.05, 0) is 36.4 Å². The van der Waals surface area contributed by atoms with Crippen molar-refractivity contribution in [3.8, 4) is 17.1 Å². The van der Waals surface area contributed by atoms with E-state index in [0.29, 0.717) is 16.6 Å². The van der Waals surface area contributed by atoms with Gasteiger partial charge in [0.2, 0.25) is 0 Å². The van der Waals surface area contributed by atoms with Crippen molar-refractivity contribution in [2.75, 3.05) is 19.0 Å². The van der Waals surface area contributed by atoms with Crippen molar-refractivity contribution in [1.82, 2.24) is 14.1 Å². The number of pyridine rings is 1. The number of benzene rings is 2. The molecule has 9 heteroatoms. The van der Waals surface area contributed by atoms with E-state index in [1.807, 2.05) is 43.3 Å². The average Bonchev–Trinajstić information content (AvgIpc) is 2.70. The Hall–Kier alpha value is -4.01. The minimum atomic E-state index is -0.664. The third kappa shape index (κ3) is 2.92. The van der Waals surface area contributed by atoms with E-state index in [2.05, 4.69) is 4.98 Å². The van der Waals surface area contributed by atoms with Crippen LogP contribution in [0.5, 0.6) is 0 Å². The van der Waals surface area contributed by atoms with Crippen LogP contribution in [0.3, 0.4) is 0 Å². The molecule has 0 saturated carbocycles. The molecule has 29 heavy (non-hydrogen) atoms. The standard InChI is InChI=1S/C20H17N5O4/c1-22(2)13-4-6-14(7-5-13)24-17-9-8-15(25(28)29)10-12(17)11-16-18(24)21-20(27)23(3)19(16)26/h4-11H,1-3H3. The first-order chi connectivity index (χ1) is 13.8. The summed E-state index contributed by atoms with van der Waals surface area (Å²) in [6.07, 6.45) is 0. The molecule has 0 saturated heterocycles. The van der Waals surface area contributed by atoms with Gasteiger partial charge in [0, 0.05) is 50.0 Å². The first-order valence-electron chi connectivity index (χ1n) is 8.76. The van der Waals surface area contributed by atoms with Crippen LogP contribution in [0.2, 0.25) is 0 Å². The molecular formula is C20H17N5O4. The van der Waals surface area contributed by atoms with Crippen molar-refractivity contribution in [1.29, 1.82) is 0 Å². The molecular weight excluding hydrogens is 374 g/mol. The highest BCUT2D eigenvalue weighted by Crippen LogP contribution is 2.30. The van der Waals surface area contributed by atoms with Crippen molar-refractivity contribution < 1.29 is 4.92 Å². The second kappa shape index (κ2) is 6.55. The first-order valence-corrected chi connectivity index (χ1v) is 8.76. The minimum Gasteiger partial charge on any atom is -0.378 e. The summed E-state index contributed by atoms with van der Waals surface area (Å²) in [7, 11) is 5.19. The lowest BCUT2D eigenvalue weighted by molar-refractivity contribution is -0.384. The number of nitro groups is 1. The van der Waals surface area contributed by atoms with Crippen LogP contribution in [0.4, 0.5) is 11.4 Å². The summed E-state index contributed by atoms with van der Waals surface area (Å²) in [6.45, 7) is 0. The molecule has 2 aromatic carbocycles. The van der Waals surface area contributed by atoms with Crippen LogP contribution >= 0.6 is 0 Å². The molecule has 0 fully saturated rings. The van der Waals surface area contributed by atoms with Gasteiger partial charge in [0.25, 0.3) is 11.2 Å². The van der Waals surface area contributed by atoms with Gasteiger partial charge in [-0.25, -0.2) is 4.79 Å². The molecule has 4 rings (SSSR count). The van der Waals surface area contributed by atoms with E-state index in [4.69, 9.17) is 0 Å². The molecule has 0 atom stereocenters. The lowest BCUT2D eigenvalue weighted by atomic mass is 10.1. The number of fused-ring (bicyclic) bond motifs is 2. The average molecular weight is 391 g/mol. The summed E-state index contributed by atoms with van der Waals surface area (Å²) in [6, 6.07) is 13.4. The molecule has 146 valence electrons. The maximum atomic E-state index is 12.7. The van der Waals surface area contributed by atoms with Gasteiger partial charge in [-0.2, -0.15) is 4.98 Å². The largest absolute Gasteiger partial charge is 0.378 e. The molecule has 0 bridgehead atoms. The van der Waals surface area contributed by atoms with Gasteiger partial charge >= 0.3 is 5.69 Å². The zero-order valence-electron chi connectivity index (χ0n) is 16.0. The molecule has 0 amide bonds. The summed E-state index contributed by atoms with van der Waals surface area (Å²) in [4.78, 5) is 41.7. The fraction of sp³-hybridized carbons (Fsp3) is 0.150. The summed E-state index contributed by atoms with van der Waals surface area (Å²) in [5, 5.41) is 11.7. The van der Waals surface area contributed by atoms with Gasteiger partial charge in [-0.1, -0.05) is 0 Å². The molecule has 0 spiro atoms. The van der Waals surface area contributed by atoms with Crippen LogP contribution in [-0.2, 0) is 7.05 Å². The Morgan fingerprint density at radius 1 is 1.03 bits per heavy atom. The third-order valence-electron chi connectivity index (χ3n) is 4.86. The predicted molar refractivity (Wildman–Crippen MR) is 110 cm³/mol. The number of aromatic nitrogens is 3. The fourth-order valence-electron chi connectivity index (χ4n) is 3.29. The van der Waals surface area contributed by atoms with Crippen LogP contribution in [0.1, 0.15) is 0 Å². The molecule has 0 radical (unpaired) electrons. The molecule has 0 N–H and O–H groups in total. The van der Waals surface area contributed by atoms with E-state index in [-0.39, 0.29) is 17.1 Å². The monoisotopic (exact) mass is 391 g/mol. The normalized spacial score (nSPS) is 11.1. The summed E-state index contributed by atoms with van der Waals surface area (Å²) in [5.41, 5.74) is 1.20. The highest BCUT2D eigenvalue weighted by molar-refractivity contribution is 5.89. The molecule has 2 heterocycles. The number of hydrogen-bond donors (Lipinski definition) is 0. The van der Waals surface area contributed by atoms with Crippen molar-refractivity contribution in [2.24, 2.45) is 7.05 Å². The van der Waals surface area contributed by atoms with E-state index in [9.17, 15) is 19.7 Å². The van der Waals surface area contributed by atoms with Crippen LogP contribution in [0, 0.1) is 10.1 Å². The Labute approximate surface area is 164 Å². The van der Waals surface area contributed by atoms with E-state index in [0.717, 1.165) is 10.3 Å². The zero-order chi connectivity index (χ0) is 20.9. The van der Waals surface area contributed by atoms with E-state index in [1.165, 1.54) is 25.2 Å². The van der Waals surface area contributed by atoms with Crippen molar-refractivity contribution in [3.05, 3.63) is 79.5 Å². The van der Waals surface area contributed by atoms with Gasteiger partial charge < -0.3 is 4.90 Å². The number of nitrogens with zero attached hydrogens (tertiary/aromatic N) is 5. The molecule has 9 nitrogen and oxygen atoms in total. The maximum Gasteiger partial charge on any atom is 0.352 e. The Balaban J connectivity index is 2.15. The SMILES string of the molecule is CN(C)c1ccc(-n2c3nc(=O)n(C)c(=O)c-3cc3cc([N+](=O)[O-])ccc32)cc1. The Morgan fingerprint density at radius 3 is 2.34 bits per heavy atom. The first kappa shape index (κ1) is 18.4. The molecule has 2 aliphatic heterocycles. The topological polar surface area (TPSA) is 103 Å². The molecule has 0 aliphatic carbocycles. The number of anilines is 1. The fourth-order valence-corrected chi connectivity index (χ4v) is 3.29. The quantitative estimate of drug-likeness (QED) is 0.301. The number of hydrogen-bond acceptors (Lipinski definition) is 6. The minimum absolute atomic E-state index is 0.0865.